The molecule has 0 saturated heterocycles. The van der Waals surface area contributed by atoms with E-state index in [2.05, 4.69) is 0 Å². The third kappa shape index (κ3) is 4.99. The van der Waals surface area contributed by atoms with Gasteiger partial charge in [0.2, 0.25) is 9.05 Å². The van der Waals surface area contributed by atoms with Crippen molar-refractivity contribution >= 4 is 19.7 Å². The van der Waals surface area contributed by atoms with E-state index in [1.807, 2.05) is 27.7 Å². The Morgan fingerprint density at radius 1 is 1.08 bits per heavy atom. The second-order valence-corrected chi connectivity index (χ2v) is 6.68. The summed E-state index contributed by atoms with van der Waals surface area (Å²) in [6, 6.07) is 0. The first-order valence-corrected chi connectivity index (χ1v) is 6.64. The molecule has 0 aliphatic rings. The molecule has 0 aromatic heterocycles. The van der Waals surface area contributed by atoms with Gasteiger partial charge >= 0.3 is 0 Å². The lowest BCUT2D eigenvalue weighted by atomic mass is 9.87. The van der Waals surface area contributed by atoms with Gasteiger partial charge in [-0.1, -0.05) is 27.7 Å². The van der Waals surface area contributed by atoms with E-state index in [1.54, 1.807) is 0 Å². The van der Waals surface area contributed by atoms with Crippen LogP contribution in [-0.2, 0) is 9.05 Å². The van der Waals surface area contributed by atoms with Gasteiger partial charge < -0.3 is 0 Å². The van der Waals surface area contributed by atoms with Gasteiger partial charge in [0.1, 0.15) is 0 Å². The summed E-state index contributed by atoms with van der Waals surface area (Å²) in [5, 5.41) is 0. The average Bonchev–Trinajstić information content (AvgIpc) is 1.79. The summed E-state index contributed by atoms with van der Waals surface area (Å²) in [4.78, 5) is 0. The molecule has 0 aromatic rings. The molecule has 0 aliphatic heterocycles. The van der Waals surface area contributed by atoms with E-state index in [1.165, 1.54) is 0 Å². The van der Waals surface area contributed by atoms with Crippen molar-refractivity contribution in [1.29, 1.82) is 0 Å². The molecule has 12 heavy (non-hydrogen) atoms. The monoisotopic (exact) mass is 212 g/mol. The van der Waals surface area contributed by atoms with Crippen LogP contribution in [0.25, 0.3) is 0 Å². The molecule has 74 valence electrons. The lowest BCUT2D eigenvalue weighted by molar-refractivity contribution is 0.318. The molecule has 0 radical (unpaired) electrons. The van der Waals surface area contributed by atoms with Gasteiger partial charge in [-0.3, -0.25) is 0 Å². The fourth-order valence-corrected chi connectivity index (χ4v) is 3.05. The topological polar surface area (TPSA) is 34.1 Å². The number of hydrogen-bond donors (Lipinski definition) is 0. The van der Waals surface area contributed by atoms with Crippen LogP contribution < -0.4 is 0 Å². The minimum atomic E-state index is -3.34. The molecule has 0 fully saturated rings. The van der Waals surface area contributed by atoms with E-state index in [0.29, 0.717) is 11.8 Å². The second kappa shape index (κ2) is 4.47. The van der Waals surface area contributed by atoms with Gasteiger partial charge in [-0.25, -0.2) is 8.42 Å². The second-order valence-electron chi connectivity index (χ2n) is 3.86. The molecule has 0 amide bonds. The molecule has 0 rings (SSSR count). The van der Waals surface area contributed by atoms with Crippen LogP contribution in [0.5, 0.6) is 0 Å². The Hall–Kier alpha value is 0.240. The Bertz CT molecular complexity index is 211. The van der Waals surface area contributed by atoms with E-state index in [4.69, 9.17) is 10.7 Å². The fourth-order valence-electron chi connectivity index (χ4n) is 1.38. The SMILES string of the molecule is CC(C)C(CS(=O)(=O)Cl)C(C)C. The van der Waals surface area contributed by atoms with Gasteiger partial charge in [-0.2, -0.15) is 0 Å². The summed E-state index contributed by atoms with van der Waals surface area (Å²) < 4.78 is 21.6. The molecule has 0 heterocycles. The van der Waals surface area contributed by atoms with Crippen LogP contribution >= 0.6 is 10.7 Å². The molecule has 0 N–H and O–H groups in total. The first kappa shape index (κ1) is 12.2. The van der Waals surface area contributed by atoms with E-state index in [-0.39, 0.29) is 11.7 Å². The van der Waals surface area contributed by atoms with E-state index in [0.717, 1.165) is 0 Å². The summed E-state index contributed by atoms with van der Waals surface area (Å²) >= 11 is 0. The predicted octanol–water partition coefficient (Wildman–Crippen LogP) is 2.48. The summed E-state index contributed by atoms with van der Waals surface area (Å²) in [5.74, 6) is 0.966. The maximum absolute atomic E-state index is 10.8. The Morgan fingerprint density at radius 3 is 1.50 bits per heavy atom. The Kier molecular flexibility index (Phi) is 4.56. The largest absolute Gasteiger partial charge is 0.232 e. The highest BCUT2D eigenvalue weighted by Crippen LogP contribution is 2.23. The highest BCUT2D eigenvalue weighted by molar-refractivity contribution is 8.13. The highest BCUT2D eigenvalue weighted by atomic mass is 35.7. The fraction of sp³-hybridized carbons (Fsp3) is 1.00. The van der Waals surface area contributed by atoms with Gasteiger partial charge in [0, 0.05) is 10.7 Å². The van der Waals surface area contributed by atoms with Crippen molar-refractivity contribution in [3.8, 4) is 0 Å². The average molecular weight is 213 g/mol. The first-order chi connectivity index (χ1) is 5.24. The lowest BCUT2D eigenvalue weighted by Gasteiger charge is -2.22. The van der Waals surface area contributed by atoms with Crippen molar-refractivity contribution in [2.24, 2.45) is 17.8 Å². The molecule has 0 aromatic carbocycles. The summed E-state index contributed by atoms with van der Waals surface area (Å²) in [6.45, 7) is 8.08. The maximum Gasteiger partial charge on any atom is 0.232 e. The van der Waals surface area contributed by atoms with Crippen LogP contribution in [0.1, 0.15) is 27.7 Å². The first-order valence-electron chi connectivity index (χ1n) is 4.16. The smallest absolute Gasteiger partial charge is 0.212 e. The van der Waals surface area contributed by atoms with Crippen LogP contribution in [-0.4, -0.2) is 14.2 Å². The van der Waals surface area contributed by atoms with Crippen LogP contribution in [0.15, 0.2) is 0 Å². The summed E-state index contributed by atoms with van der Waals surface area (Å²) in [6.07, 6.45) is 0. The summed E-state index contributed by atoms with van der Waals surface area (Å²) in [5.41, 5.74) is 0. The van der Waals surface area contributed by atoms with Crippen molar-refractivity contribution in [2.45, 2.75) is 27.7 Å². The third-order valence-electron chi connectivity index (χ3n) is 2.10. The zero-order valence-electron chi connectivity index (χ0n) is 8.04. The number of rotatable bonds is 4. The molecule has 0 atom stereocenters. The van der Waals surface area contributed by atoms with Crippen molar-refractivity contribution in [3.63, 3.8) is 0 Å². The standard InChI is InChI=1S/C8H17ClO2S/c1-6(2)8(7(3)4)5-12(9,10)11/h6-8H,5H2,1-4H3. The van der Waals surface area contributed by atoms with Crippen LogP contribution in [0.4, 0.5) is 0 Å². The number of halogens is 1. The van der Waals surface area contributed by atoms with Crippen LogP contribution in [0, 0.1) is 17.8 Å². The molecule has 0 bridgehead atoms. The van der Waals surface area contributed by atoms with Crippen LogP contribution in [0.3, 0.4) is 0 Å². The maximum atomic E-state index is 10.8. The summed E-state index contributed by atoms with van der Waals surface area (Å²) in [7, 11) is 1.85. The highest BCUT2D eigenvalue weighted by Gasteiger charge is 2.22. The molecule has 2 nitrogen and oxygen atoms in total. The van der Waals surface area contributed by atoms with Crippen molar-refractivity contribution in [3.05, 3.63) is 0 Å². The Balaban J connectivity index is 4.35. The lowest BCUT2D eigenvalue weighted by Crippen LogP contribution is -2.22. The molecule has 0 unspecified atom stereocenters. The molecular formula is C8H17ClO2S. The normalized spacial score (nSPS) is 13.3. The van der Waals surface area contributed by atoms with Gasteiger partial charge in [-0.05, 0) is 17.8 Å². The van der Waals surface area contributed by atoms with Crippen LogP contribution in [0.2, 0.25) is 0 Å². The number of hydrogen-bond acceptors (Lipinski definition) is 2. The van der Waals surface area contributed by atoms with E-state index in [9.17, 15) is 8.42 Å². The van der Waals surface area contributed by atoms with Crippen molar-refractivity contribution < 1.29 is 8.42 Å². The zero-order valence-corrected chi connectivity index (χ0v) is 9.61. The van der Waals surface area contributed by atoms with Gasteiger partial charge in [0.25, 0.3) is 0 Å². The molecular weight excluding hydrogens is 196 g/mol. The minimum absolute atomic E-state index is 0.0872. The third-order valence-corrected chi connectivity index (χ3v) is 3.27. The Labute approximate surface area is 79.7 Å². The molecule has 0 spiro atoms. The van der Waals surface area contributed by atoms with E-state index >= 15 is 0 Å². The van der Waals surface area contributed by atoms with E-state index < -0.39 is 9.05 Å². The van der Waals surface area contributed by atoms with Gasteiger partial charge in [0.05, 0.1) is 5.75 Å². The van der Waals surface area contributed by atoms with Gasteiger partial charge in [-0.15, -0.1) is 0 Å². The van der Waals surface area contributed by atoms with Crippen molar-refractivity contribution in [1.82, 2.24) is 0 Å². The molecule has 0 saturated carbocycles. The minimum Gasteiger partial charge on any atom is -0.212 e. The van der Waals surface area contributed by atoms with Gasteiger partial charge in [0.15, 0.2) is 0 Å². The quantitative estimate of drug-likeness (QED) is 0.671. The van der Waals surface area contributed by atoms with Crippen molar-refractivity contribution in [2.75, 3.05) is 5.75 Å². The molecule has 4 heteroatoms. The Morgan fingerprint density at radius 2 is 1.42 bits per heavy atom. The molecule has 0 aliphatic carbocycles. The zero-order chi connectivity index (χ0) is 9.94. The predicted molar refractivity (Wildman–Crippen MR) is 52.8 cm³/mol.